The molecule has 1 aliphatic carbocycles. The predicted octanol–water partition coefficient (Wildman–Crippen LogP) is 5.67. The van der Waals surface area contributed by atoms with Crippen molar-refractivity contribution in [2.45, 2.75) is 78.2 Å². The maximum atomic E-state index is 11.7. The third-order valence-electron chi connectivity index (χ3n) is 6.06. The second kappa shape index (κ2) is 8.42. The second-order valence-electron chi connectivity index (χ2n) is 8.34. The molecule has 1 aromatic carbocycles. The summed E-state index contributed by atoms with van der Waals surface area (Å²) in [5.41, 5.74) is 4.07. The summed E-state index contributed by atoms with van der Waals surface area (Å²) in [5, 5.41) is 14.3. The van der Waals surface area contributed by atoms with Crippen LogP contribution in [0.1, 0.15) is 88.4 Å². The van der Waals surface area contributed by atoms with Crippen LogP contribution in [0.2, 0.25) is 0 Å². The molecule has 2 aliphatic rings. The number of ether oxygens (including phenoxy) is 1. The zero-order valence-corrected chi connectivity index (χ0v) is 17.6. The molecular weight excluding hydrogens is 350 g/mol. The first-order valence-electron chi connectivity index (χ1n) is 10.5. The molecule has 0 radical (unpaired) electrons. The largest absolute Gasteiger partial charge is 0.507 e. The fourth-order valence-corrected chi connectivity index (χ4v) is 4.70. The Balaban J connectivity index is 2.12. The number of carbonyl (C=O) groups is 1. The number of hydrogen-bond donors (Lipinski definition) is 2. The monoisotopic (exact) mass is 383 g/mol. The minimum atomic E-state index is -0.253. The number of fused-ring (bicyclic) bond motifs is 3. The quantitative estimate of drug-likeness (QED) is 0.492. The molecule has 0 spiro atoms. The molecule has 1 amide bonds. The molecule has 0 aromatic heterocycles. The van der Waals surface area contributed by atoms with Crippen molar-refractivity contribution in [3.8, 4) is 11.5 Å². The second-order valence-corrected chi connectivity index (χ2v) is 8.34. The summed E-state index contributed by atoms with van der Waals surface area (Å²) in [6, 6.07) is 1.81. The highest BCUT2D eigenvalue weighted by Crippen LogP contribution is 2.53. The number of amides is 1. The number of benzene rings is 1. The van der Waals surface area contributed by atoms with Gasteiger partial charge in [-0.05, 0) is 51.2 Å². The summed E-state index contributed by atoms with van der Waals surface area (Å²) in [4.78, 5) is 11.7. The van der Waals surface area contributed by atoms with E-state index in [4.69, 9.17) is 4.74 Å². The molecule has 3 atom stereocenters. The van der Waals surface area contributed by atoms with Crippen LogP contribution in [0, 0.1) is 5.92 Å². The molecule has 4 nitrogen and oxygen atoms in total. The molecule has 1 aliphatic heterocycles. The average Bonchev–Trinajstić information content (AvgIpc) is 2.60. The van der Waals surface area contributed by atoms with Gasteiger partial charge >= 0.3 is 0 Å². The molecule has 1 aromatic rings. The van der Waals surface area contributed by atoms with Gasteiger partial charge in [-0.2, -0.15) is 0 Å². The standard InChI is InChI=1S/C24H33NO3/c1-6-7-8-9-18-13-21-23(24(27)22(18)15(3)25-17(5)26)20-12-14(2)10-11-19(20)16(4)28-21/h12-13,15,19-20,27H,4,6-11H2,1-3,5H3,(H,25,26). The van der Waals surface area contributed by atoms with Gasteiger partial charge in [-0.3, -0.25) is 4.79 Å². The minimum absolute atomic E-state index is 0.0815. The Labute approximate surface area is 168 Å². The molecule has 152 valence electrons. The number of carbonyl (C=O) groups excluding carboxylic acids is 1. The molecular formula is C24H33NO3. The highest BCUT2D eigenvalue weighted by molar-refractivity contribution is 5.74. The molecule has 4 heteroatoms. The van der Waals surface area contributed by atoms with E-state index >= 15 is 0 Å². The van der Waals surface area contributed by atoms with Crippen LogP contribution in [0.4, 0.5) is 0 Å². The van der Waals surface area contributed by atoms with Gasteiger partial charge in [0.15, 0.2) is 0 Å². The number of aromatic hydroxyl groups is 1. The Morgan fingerprint density at radius 1 is 1.43 bits per heavy atom. The van der Waals surface area contributed by atoms with E-state index in [2.05, 4.69) is 37.9 Å². The normalized spacial score (nSPS) is 21.9. The van der Waals surface area contributed by atoms with E-state index < -0.39 is 0 Å². The van der Waals surface area contributed by atoms with Gasteiger partial charge in [0.1, 0.15) is 17.3 Å². The van der Waals surface area contributed by atoms with Gasteiger partial charge in [-0.25, -0.2) is 0 Å². The van der Waals surface area contributed by atoms with Crippen molar-refractivity contribution in [3.05, 3.63) is 46.7 Å². The molecule has 3 unspecified atom stereocenters. The summed E-state index contributed by atoms with van der Waals surface area (Å²) < 4.78 is 6.11. The van der Waals surface area contributed by atoms with E-state index in [1.807, 2.05) is 6.92 Å². The number of unbranched alkanes of at least 4 members (excludes halogenated alkanes) is 2. The van der Waals surface area contributed by atoms with Crippen LogP contribution < -0.4 is 10.1 Å². The van der Waals surface area contributed by atoms with Crippen molar-refractivity contribution >= 4 is 5.91 Å². The van der Waals surface area contributed by atoms with Crippen molar-refractivity contribution in [1.29, 1.82) is 0 Å². The molecule has 0 saturated heterocycles. The van der Waals surface area contributed by atoms with Gasteiger partial charge in [0.25, 0.3) is 0 Å². The Bertz CT molecular complexity index is 809. The SMILES string of the molecule is C=C1Oc2cc(CCCCC)c(C(C)NC(C)=O)c(O)c2C2C=C(C)CCC12. The van der Waals surface area contributed by atoms with E-state index in [0.29, 0.717) is 0 Å². The number of phenolic OH excluding ortho intramolecular Hbond substituents is 1. The van der Waals surface area contributed by atoms with Crippen LogP contribution in [0.3, 0.4) is 0 Å². The van der Waals surface area contributed by atoms with Gasteiger partial charge in [-0.1, -0.05) is 38.0 Å². The summed E-state index contributed by atoms with van der Waals surface area (Å²) in [7, 11) is 0. The summed E-state index contributed by atoms with van der Waals surface area (Å²) in [6.45, 7) is 11.9. The topological polar surface area (TPSA) is 58.6 Å². The average molecular weight is 384 g/mol. The Kier molecular flexibility index (Phi) is 6.17. The maximum Gasteiger partial charge on any atom is 0.217 e. The van der Waals surface area contributed by atoms with Crippen molar-refractivity contribution < 1.29 is 14.6 Å². The van der Waals surface area contributed by atoms with E-state index in [-0.39, 0.29) is 29.5 Å². The molecule has 2 N–H and O–H groups in total. The lowest BCUT2D eigenvalue weighted by molar-refractivity contribution is -0.119. The first-order valence-corrected chi connectivity index (χ1v) is 10.5. The highest BCUT2D eigenvalue weighted by atomic mass is 16.5. The fraction of sp³-hybridized carbons (Fsp3) is 0.542. The minimum Gasteiger partial charge on any atom is -0.507 e. The van der Waals surface area contributed by atoms with Crippen LogP contribution in [-0.4, -0.2) is 11.0 Å². The number of aryl methyl sites for hydroxylation is 1. The van der Waals surface area contributed by atoms with Crippen LogP contribution in [0.15, 0.2) is 30.1 Å². The van der Waals surface area contributed by atoms with Crippen LogP contribution >= 0.6 is 0 Å². The first-order chi connectivity index (χ1) is 13.3. The lowest BCUT2D eigenvalue weighted by Crippen LogP contribution is -2.28. The third kappa shape index (κ3) is 3.96. The zero-order chi connectivity index (χ0) is 20.4. The van der Waals surface area contributed by atoms with Crippen molar-refractivity contribution in [2.24, 2.45) is 5.92 Å². The Morgan fingerprint density at radius 3 is 2.86 bits per heavy atom. The van der Waals surface area contributed by atoms with Gasteiger partial charge in [-0.15, -0.1) is 0 Å². The molecule has 3 rings (SSSR count). The van der Waals surface area contributed by atoms with Crippen molar-refractivity contribution in [2.75, 3.05) is 0 Å². The number of phenols is 1. The summed E-state index contributed by atoms with van der Waals surface area (Å²) in [5.74, 6) is 1.97. The molecule has 0 bridgehead atoms. The molecule has 0 fully saturated rings. The lowest BCUT2D eigenvalue weighted by atomic mass is 9.73. The van der Waals surface area contributed by atoms with Crippen molar-refractivity contribution in [3.63, 3.8) is 0 Å². The molecule has 1 heterocycles. The number of nitrogens with one attached hydrogen (secondary N) is 1. The van der Waals surface area contributed by atoms with E-state index in [9.17, 15) is 9.90 Å². The lowest BCUT2D eigenvalue weighted by Gasteiger charge is -2.38. The van der Waals surface area contributed by atoms with Gasteiger partial charge in [0, 0.05) is 29.9 Å². The van der Waals surface area contributed by atoms with Gasteiger partial charge in [0.05, 0.1) is 6.04 Å². The van der Waals surface area contributed by atoms with Crippen LogP contribution in [0.5, 0.6) is 11.5 Å². The van der Waals surface area contributed by atoms with Crippen molar-refractivity contribution in [1.82, 2.24) is 5.32 Å². The van der Waals surface area contributed by atoms with E-state index in [0.717, 1.165) is 66.7 Å². The summed E-state index contributed by atoms with van der Waals surface area (Å²) in [6.07, 6.45) is 8.43. The number of allylic oxidation sites excluding steroid dienone is 3. The van der Waals surface area contributed by atoms with Crippen LogP contribution in [0.25, 0.3) is 0 Å². The number of hydrogen-bond acceptors (Lipinski definition) is 3. The Morgan fingerprint density at radius 2 is 2.18 bits per heavy atom. The predicted molar refractivity (Wildman–Crippen MR) is 113 cm³/mol. The van der Waals surface area contributed by atoms with Crippen LogP contribution in [-0.2, 0) is 11.2 Å². The third-order valence-corrected chi connectivity index (χ3v) is 6.06. The van der Waals surface area contributed by atoms with Gasteiger partial charge < -0.3 is 15.2 Å². The fourth-order valence-electron chi connectivity index (χ4n) is 4.70. The smallest absolute Gasteiger partial charge is 0.217 e. The number of rotatable bonds is 6. The first kappa shape index (κ1) is 20.5. The Hall–Kier alpha value is -2.23. The van der Waals surface area contributed by atoms with Gasteiger partial charge in [0.2, 0.25) is 5.91 Å². The summed E-state index contributed by atoms with van der Waals surface area (Å²) >= 11 is 0. The highest BCUT2D eigenvalue weighted by Gasteiger charge is 2.38. The molecule has 28 heavy (non-hydrogen) atoms. The maximum absolute atomic E-state index is 11.7. The zero-order valence-electron chi connectivity index (χ0n) is 17.6. The molecule has 0 saturated carbocycles. The van der Waals surface area contributed by atoms with E-state index in [1.165, 1.54) is 12.5 Å². The van der Waals surface area contributed by atoms with E-state index in [1.54, 1.807) is 0 Å².